The number of hydrogen-bond donors (Lipinski definition) is 2. The van der Waals surface area contributed by atoms with Crippen molar-refractivity contribution in [2.75, 3.05) is 13.1 Å². The zero-order chi connectivity index (χ0) is 16.2. The second-order valence-corrected chi connectivity index (χ2v) is 6.71. The number of nitrogens with zero attached hydrogens (tertiary/aromatic N) is 1. The van der Waals surface area contributed by atoms with Crippen LogP contribution in [0.1, 0.15) is 48.0 Å². The maximum Gasteiger partial charge on any atom is 0.248 e. The van der Waals surface area contributed by atoms with Gasteiger partial charge in [-0.3, -0.25) is 9.59 Å². The first-order chi connectivity index (χ1) is 11.1. The highest BCUT2D eigenvalue weighted by atomic mass is 16.2. The van der Waals surface area contributed by atoms with Crippen molar-refractivity contribution in [3.63, 3.8) is 0 Å². The highest BCUT2D eigenvalue weighted by molar-refractivity contribution is 5.92. The number of benzene rings is 1. The molecule has 1 saturated carbocycles. The van der Waals surface area contributed by atoms with E-state index >= 15 is 0 Å². The molecule has 0 bridgehead atoms. The molecule has 2 fully saturated rings. The van der Waals surface area contributed by atoms with Gasteiger partial charge < -0.3 is 16.0 Å². The van der Waals surface area contributed by atoms with E-state index in [4.69, 9.17) is 5.73 Å². The highest BCUT2D eigenvalue weighted by Gasteiger charge is 2.32. The Labute approximate surface area is 137 Å². The smallest absolute Gasteiger partial charge is 0.248 e. The fourth-order valence-electron chi connectivity index (χ4n) is 3.21. The molecular weight excluding hydrogens is 290 g/mol. The van der Waals surface area contributed by atoms with Gasteiger partial charge in [0.1, 0.15) is 0 Å². The quantitative estimate of drug-likeness (QED) is 0.803. The van der Waals surface area contributed by atoms with Crippen molar-refractivity contribution in [1.82, 2.24) is 10.2 Å². The highest BCUT2D eigenvalue weighted by Crippen LogP contribution is 2.29. The van der Waals surface area contributed by atoms with E-state index < -0.39 is 5.91 Å². The monoisotopic (exact) mass is 315 g/mol. The van der Waals surface area contributed by atoms with Crippen molar-refractivity contribution in [3.8, 4) is 0 Å². The van der Waals surface area contributed by atoms with Crippen LogP contribution in [-0.2, 0) is 11.3 Å². The van der Waals surface area contributed by atoms with Crippen LogP contribution in [0.4, 0.5) is 0 Å². The van der Waals surface area contributed by atoms with Crippen molar-refractivity contribution < 1.29 is 9.59 Å². The Morgan fingerprint density at radius 3 is 2.48 bits per heavy atom. The Morgan fingerprint density at radius 1 is 1.17 bits per heavy atom. The van der Waals surface area contributed by atoms with Gasteiger partial charge in [0.2, 0.25) is 11.8 Å². The molecule has 1 aliphatic heterocycles. The van der Waals surface area contributed by atoms with E-state index in [-0.39, 0.29) is 5.91 Å². The van der Waals surface area contributed by atoms with Gasteiger partial charge in [0, 0.05) is 24.6 Å². The van der Waals surface area contributed by atoms with E-state index in [2.05, 4.69) is 5.32 Å². The molecule has 0 aromatic heterocycles. The molecule has 23 heavy (non-hydrogen) atoms. The van der Waals surface area contributed by atoms with Crippen molar-refractivity contribution in [3.05, 3.63) is 35.4 Å². The lowest BCUT2D eigenvalue weighted by Crippen LogP contribution is -2.32. The van der Waals surface area contributed by atoms with Gasteiger partial charge in [0.15, 0.2) is 0 Å². The molecule has 1 aromatic carbocycles. The minimum atomic E-state index is -0.420. The van der Waals surface area contributed by atoms with Crippen LogP contribution in [0.5, 0.6) is 0 Å². The molecule has 3 N–H and O–H groups in total. The Kier molecular flexibility index (Phi) is 4.96. The van der Waals surface area contributed by atoms with Gasteiger partial charge in [0.05, 0.1) is 0 Å². The summed E-state index contributed by atoms with van der Waals surface area (Å²) in [5.41, 5.74) is 6.82. The lowest BCUT2D eigenvalue weighted by Gasteiger charge is -2.23. The number of nitrogens with one attached hydrogen (secondary N) is 1. The van der Waals surface area contributed by atoms with Gasteiger partial charge in [0.25, 0.3) is 0 Å². The third-order valence-electron chi connectivity index (χ3n) is 4.83. The third kappa shape index (κ3) is 4.32. The summed E-state index contributed by atoms with van der Waals surface area (Å²) in [6, 6.07) is 7.65. The Morgan fingerprint density at radius 2 is 1.91 bits per heavy atom. The topological polar surface area (TPSA) is 75.4 Å². The number of carbonyl (C=O) groups excluding carboxylic acids is 2. The van der Waals surface area contributed by atoms with Crippen molar-refractivity contribution >= 4 is 11.8 Å². The summed E-state index contributed by atoms with van der Waals surface area (Å²) in [5.74, 6) is 0.491. The van der Waals surface area contributed by atoms with Gasteiger partial charge >= 0.3 is 0 Å². The number of carbonyl (C=O) groups is 2. The van der Waals surface area contributed by atoms with Gasteiger partial charge in [-0.05, 0) is 62.4 Å². The first kappa shape index (κ1) is 16.0. The Balaban J connectivity index is 1.57. The standard InChI is InChI=1S/C18H25N3O2/c19-18(23)15-4-1-14(2-5-15)12-21(16-6-7-16)17(22)8-3-13-9-10-20-11-13/h1-2,4-5,13,16,20H,3,6-12H2,(H2,19,23). The largest absolute Gasteiger partial charge is 0.366 e. The summed E-state index contributed by atoms with van der Waals surface area (Å²) in [7, 11) is 0. The number of rotatable bonds is 7. The average molecular weight is 315 g/mol. The molecule has 5 nitrogen and oxygen atoms in total. The SMILES string of the molecule is NC(=O)c1ccc(CN(C(=O)CCC2CCNC2)C2CC2)cc1. The van der Waals surface area contributed by atoms with Crippen LogP contribution in [0.3, 0.4) is 0 Å². The summed E-state index contributed by atoms with van der Waals surface area (Å²) >= 11 is 0. The summed E-state index contributed by atoms with van der Waals surface area (Å²) in [4.78, 5) is 25.7. The van der Waals surface area contributed by atoms with Crippen LogP contribution in [-0.4, -0.2) is 35.8 Å². The van der Waals surface area contributed by atoms with Gasteiger partial charge in [-0.25, -0.2) is 0 Å². The molecule has 2 aliphatic rings. The summed E-state index contributed by atoms with van der Waals surface area (Å²) < 4.78 is 0. The van der Waals surface area contributed by atoms with Gasteiger partial charge in [-0.15, -0.1) is 0 Å². The van der Waals surface area contributed by atoms with Gasteiger partial charge in [-0.2, -0.15) is 0 Å². The Bertz CT molecular complexity index is 560. The number of primary amides is 1. The molecule has 3 rings (SSSR count). The number of nitrogens with two attached hydrogens (primary N) is 1. The van der Waals surface area contributed by atoms with E-state index in [1.165, 1.54) is 6.42 Å². The van der Waals surface area contributed by atoms with Crippen molar-refractivity contribution in [2.24, 2.45) is 11.7 Å². The normalized spacial score (nSPS) is 20.4. The zero-order valence-electron chi connectivity index (χ0n) is 13.5. The fraction of sp³-hybridized carbons (Fsp3) is 0.556. The molecule has 0 radical (unpaired) electrons. The summed E-state index contributed by atoms with van der Waals surface area (Å²) in [5, 5.41) is 3.35. The van der Waals surface area contributed by atoms with E-state index in [1.807, 2.05) is 17.0 Å². The molecular formula is C18H25N3O2. The first-order valence-electron chi connectivity index (χ1n) is 8.52. The molecule has 1 saturated heterocycles. The maximum atomic E-state index is 12.6. The van der Waals surface area contributed by atoms with E-state index in [1.54, 1.807) is 12.1 Å². The molecule has 1 aromatic rings. The molecule has 5 heteroatoms. The van der Waals surface area contributed by atoms with E-state index in [0.29, 0.717) is 30.5 Å². The molecule has 1 heterocycles. The fourth-order valence-corrected chi connectivity index (χ4v) is 3.21. The minimum absolute atomic E-state index is 0.262. The van der Waals surface area contributed by atoms with E-state index in [9.17, 15) is 9.59 Å². The molecule has 1 unspecified atom stereocenters. The molecule has 2 amide bonds. The van der Waals surface area contributed by atoms with Crippen LogP contribution in [0.15, 0.2) is 24.3 Å². The summed E-state index contributed by atoms with van der Waals surface area (Å²) in [6.45, 7) is 2.76. The predicted octanol–water partition coefficient (Wildman–Crippen LogP) is 1.67. The van der Waals surface area contributed by atoms with E-state index in [0.717, 1.165) is 37.9 Å². The maximum absolute atomic E-state index is 12.6. The first-order valence-corrected chi connectivity index (χ1v) is 8.52. The lowest BCUT2D eigenvalue weighted by molar-refractivity contribution is -0.132. The molecule has 1 atom stereocenters. The Hall–Kier alpha value is -1.88. The van der Waals surface area contributed by atoms with Crippen molar-refractivity contribution in [2.45, 2.75) is 44.7 Å². The van der Waals surface area contributed by atoms with Crippen LogP contribution >= 0.6 is 0 Å². The molecule has 124 valence electrons. The zero-order valence-corrected chi connectivity index (χ0v) is 13.5. The minimum Gasteiger partial charge on any atom is -0.366 e. The predicted molar refractivity (Wildman–Crippen MR) is 88.7 cm³/mol. The van der Waals surface area contributed by atoms with Crippen LogP contribution < -0.4 is 11.1 Å². The third-order valence-corrected chi connectivity index (χ3v) is 4.83. The molecule has 0 spiro atoms. The average Bonchev–Trinajstić information content (AvgIpc) is 3.26. The second-order valence-electron chi connectivity index (χ2n) is 6.71. The number of hydrogen-bond acceptors (Lipinski definition) is 3. The van der Waals surface area contributed by atoms with Crippen LogP contribution in [0.2, 0.25) is 0 Å². The number of amides is 2. The summed E-state index contributed by atoms with van der Waals surface area (Å²) in [6.07, 6.45) is 5.02. The van der Waals surface area contributed by atoms with Crippen LogP contribution in [0, 0.1) is 5.92 Å². The molecule has 1 aliphatic carbocycles. The van der Waals surface area contributed by atoms with Gasteiger partial charge in [-0.1, -0.05) is 12.1 Å². The van der Waals surface area contributed by atoms with Crippen LogP contribution in [0.25, 0.3) is 0 Å². The van der Waals surface area contributed by atoms with Crippen molar-refractivity contribution in [1.29, 1.82) is 0 Å². The lowest BCUT2D eigenvalue weighted by atomic mass is 10.0. The second kappa shape index (κ2) is 7.13.